The molecule has 0 radical (unpaired) electrons. The highest BCUT2D eigenvalue weighted by Gasteiger charge is 2.54. The first kappa shape index (κ1) is 15.2. The van der Waals surface area contributed by atoms with Gasteiger partial charge in [-0.25, -0.2) is 0 Å². The number of hydrogen-bond donors (Lipinski definition) is 1. The fourth-order valence-corrected chi connectivity index (χ4v) is 5.88. The van der Waals surface area contributed by atoms with Crippen LogP contribution in [0.4, 0.5) is 0 Å². The van der Waals surface area contributed by atoms with E-state index in [1.54, 1.807) is 0 Å². The highest BCUT2D eigenvalue weighted by atomic mass is 16.2. The van der Waals surface area contributed by atoms with Crippen molar-refractivity contribution in [1.82, 2.24) is 5.32 Å². The second-order valence-electron chi connectivity index (χ2n) is 8.40. The summed E-state index contributed by atoms with van der Waals surface area (Å²) in [7, 11) is 0. The predicted molar refractivity (Wildman–Crippen MR) is 93.0 cm³/mol. The third kappa shape index (κ3) is 3.18. The number of carbonyl (C=O) groups excluding carboxylic acids is 1. The van der Waals surface area contributed by atoms with Gasteiger partial charge >= 0.3 is 0 Å². The van der Waals surface area contributed by atoms with Crippen LogP contribution in [0.5, 0.6) is 0 Å². The molecule has 2 nitrogen and oxygen atoms in total. The second-order valence-corrected chi connectivity index (χ2v) is 8.40. The van der Waals surface area contributed by atoms with Crippen molar-refractivity contribution in [2.45, 2.75) is 57.8 Å². The number of benzene rings is 1. The van der Waals surface area contributed by atoms with Gasteiger partial charge in [-0.05, 0) is 81.1 Å². The van der Waals surface area contributed by atoms with Gasteiger partial charge in [0.25, 0.3) is 0 Å². The lowest BCUT2D eigenvalue weighted by molar-refractivity contribution is -0.146. The lowest BCUT2D eigenvalue weighted by Gasteiger charge is -2.55. The normalized spacial score (nSPS) is 34.5. The van der Waals surface area contributed by atoms with Crippen molar-refractivity contribution >= 4 is 5.91 Å². The third-order valence-electron chi connectivity index (χ3n) is 6.54. The SMILES string of the molecule is O=C(NCCCCc1ccccc1)C12CC3CC(CC(C3)C1)C2. The molecule has 1 N–H and O–H groups in total. The molecular formula is C21H29NO. The highest BCUT2D eigenvalue weighted by molar-refractivity contribution is 5.83. The number of carbonyl (C=O) groups is 1. The lowest BCUT2D eigenvalue weighted by Crippen LogP contribution is -2.53. The van der Waals surface area contributed by atoms with E-state index in [0.29, 0.717) is 5.91 Å². The zero-order valence-electron chi connectivity index (χ0n) is 14.1. The van der Waals surface area contributed by atoms with Gasteiger partial charge in [-0.1, -0.05) is 30.3 Å². The van der Waals surface area contributed by atoms with E-state index in [4.69, 9.17) is 0 Å². The molecule has 4 saturated carbocycles. The van der Waals surface area contributed by atoms with Crippen LogP contribution >= 0.6 is 0 Å². The third-order valence-corrected chi connectivity index (χ3v) is 6.54. The van der Waals surface area contributed by atoms with Crippen molar-refractivity contribution < 1.29 is 4.79 Å². The van der Waals surface area contributed by atoms with Gasteiger partial charge in [0.1, 0.15) is 0 Å². The van der Waals surface area contributed by atoms with E-state index < -0.39 is 0 Å². The summed E-state index contributed by atoms with van der Waals surface area (Å²) in [5.74, 6) is 2.94. The first-order chi connectivity index (χ1) is 11.2. The fraction of sp³-hybridized carbons (Fsp3) is 0.667. The van der Waals surface area contributed by atoms with E-state index in [0.717, 1.165) is 43.6 Å². The molecule has 124 valence electrons. The molecule has 0 atom stereocenters. The van der Waals surface area contributed by atoms with Crippen LogP contribution in [0.25, 0.3) is 0 Å². The topological polar surface area (TPSA) is 29.1 Å². The maximum atomic E-state index is 12.8. The highest BCUT2D eigenvalue weighted by Crippen LogP contribution is 2.60. The molecule has 0 saturated heterocycles. The van der Waals surface area contributed by atoms with E-state index in [1.807, 2.05) is 0 Å². The Morgan fingerprint density at radius 2 is 1.57 bits per heavy atom. The Labute approximate surface area is 140 Å². The van der Waals surface area contributed by atoms with Crippen molar-refractivity contribution in [2.24, 2.45) is 23.2 Å². The number of amides is 1. The van der Waals surface area contributed by atoms with Crippen molar-refractivity contribution in [3.63, 3.8) is 0 Å². The molecule has 1 amide bonds. The van der Waals surface area contributed by atoms with E-state index >= 15 is 0 Å². The number of aryl methyl sites for hydroxylation is 1. The van der Waals surface area contributed by atoms with Crippen molar-refractivity contribution in [3.05, 3.63) is 35.9 Å². The van der Waals surface area contributed by atoms with Crippen LogP contribution in [-0.2, 0) is 11.2 Å². The first-order valence-corrected chi connectivity index (χ1v) is 9.56. The Morgan fingerprint density at radius 1 is 0.957 bits per heavy atom. The summed E-state index contributed by atoms with van der Waals surface area (Å²) in [6.45, 7) is 0.855. The van der Waals surface area contributed by atoms with Crippen LogP contribution in [0.2, 0.25) is 0 Å². The first-order valence-electron chi connectivity index (χ1n) is 9.56. The summed E-state index contributed by atoms with van der Waals surface area (Å²) in [5, 5.41) is 3.29. The molecule has 0 spiro atoms. The molecule has 2 heteroatoms. The van der Waals surface area contributed by atoms with Gasteiger partial charge in [0, 0.05) is 12.0 Å². The van der Waals surface area contributed by atoms with Crippen molar-refractivity contribution in [3.8, 4) is 0 Å². The second kappa shape index (κ2) is 6.30. The average Bonchev–Trinajstić information content (AvgIpc) is 2.54. The molecule has 4 aliphatic carbocycles. The minimum absolute atomic E-state index is 0.0220. The lowest BCUT2D eigenvalue weighted by atomic mass is 9.49. The van der Waals surface area contributed by atoms with Crippen LogP contribution < -0.4 is 5.32 Å². The maximum absolute atomic E-state index is 12.8. The molecule has 0 aliphatic heterocycles. The summed E-state index contributed by atoms with van der Waals surface area (Å²) >= 11 is 0. The molecule has 1 aromatic carbocycles. The summed E-state index contributed by atoms with van der Waals surface area (Å²) in [5.41, 5.74) is 1.42. The summed E-state index contributed by atoms with van der Waals surface area (Å²) < 4.78 is 0. The van der Waals surface area contributed by atoms with Crippen LogP contribution in [-0.4, -0.2) is 12.5 Å². The molecule has 4 fully saturated rings. The minimum Gasteiger partial charge on any atom is -0.356 e. The van der Waals surface area contributed by atoms with E-state index in [1.165, 1.54) is 44.1 Å². The monoisotopic (exact) mass is 311 g/mol. The smallest absolute Gasteiger partial charge is 0.226 e. The van der Waals surface area contributed by atoms with Gasteiger partial charge in [-0.3, -0.25) is 4.79 Å². The Morgan fingerprint density at radius 3 is 2.17 bits per heavy atom. The molecule has 5 rings (SSSR count). The Kier molecular flexibility index (Phi) is 4.17. The largest absolute Gasteiger partial charge is 0.356 e. The zero-order valence-corrected chi connectivity index (χ0v) is 14.1. The van der Waals surface area contributed by atoms with Crippen LogP contribution in [0.1, 0.15) is 56.9 Å². The molecule has 4 aliphatic rings. The summed E-state index contributed by atoms with van der Waals surface area (Å²) in [6, 6.07) is 10.6. The number of rotatable bonds is 6. The molecule has 4 bridgehead atoms. The fourth-order valence-electron chi connectivity index (χ4n) is 5.88. The molecule has 1 aromatic rings. The van der Waals surface area contributed by atoms with E-state index in [9.17, 15) is 4.79 Å². The van der Waals surface area contributed by atoms with Crippen molar-refractivity contribution in [2.75, 3.05) is 6.54 Å². The Balaban J connectivity index is 1.23. The van der Waals surface area contributed by atoms with Gasteiger partial charge in [-0.2, -0.15) is 0 Å². The van der Waals surface area contributed by atoms with Gasteiger partial charge in [-0.15, -0.1) is 0 Å². The molecule has 0 heterocycles. The van der Waals surface area contributed by atoms with Gasteiger partial charge in [0.05, 0.1) is 0 Å². The molecule has 0 unspecified atom stereocenters. The Bertz CT molecular complexity index is 515. The standard InChI is InChI=1S/C21H29NO/c23-20(22-9-5-4-8-16-6-2-1-3-7-16)21-13-17-10-18(14-21)12-19(11-17)15-21/h1-3,6-7,17-19H,4-5,8-15H2,(H,22,23). The number of unbranched alkanes of at least 4 members (excludes halogenated alkanes) is 1. The maximum Gasteiger partial charge on any atom is 0.226 e. The van der Waals surface area contributed by atoms with Gasteiger partial charge in [0.15, 0.2) is 0 Å². The van der Waals surface area contributed by atoms with E-state index in [-0.39, 0.29) is 5.41 Å². The predicted octanol–water partition coefficient (Wildman–Crippen LogP) is 4.34. The Hall–Kier alpha value is -1.31. The van der Waals surface area contributed by atoms with Crippen LogP contribution in [0.15, 0.2) is 30.3 Å². The summed E-state index contributed by atoms with van der Waals surface area (Å²) in [4.78, 5) is 12.8. The van der Waals surface area contributed by atoms with Gasteiger partial charge < -0.3 is 5.32 Å². The van der Waals surface area contributed by atoms with Gasteiger partial charge in [0.2, 0.25) is 5.91 Å². The number of hydrogen-bond acceptors (Lipinski definition) is 1. The summed E-state index contributed by atoms with van der Waals surface area (Å²) in [6.07, 6.45) is 11.1. The van der Waals surface area contributed by atoms with Crippen LogP contribution in [0, 0.1) is 23.2 Å². The van der Waals surface area contributed by atoms with Crippen molar-refractivity contribution in [1.29, 1.82) is 0 Å². The molecule has 23 heavy (non-hydrogen) atoms. The quantitative estimate of drug-likeness (QED) is 0.778. The zero-order chi connectivity index (χ0) is 15.7. The molecule has 0 aromatic heterocycles. The number of nitrogens with one attached hydrogen (secondary N) is 1. The minimum atomic E-state index is 0.0220. The van der Waals surface area contributed by atoms with E-state index in [2.05, 4.69) is 35.6 Å². The molecular weight excluding hydrogens is 282 g/mol. The van der Waals surface area contributed by atoms with Crippen LogP contribution in [0.3, 0.4) is 0 Å². The average molecular weight is 311 g/mol.